The van der Waals surface area contributed by atoms with Crippen LogP contribution in [-0.2, 0) is 22.1 Å². The third-order valence-electron chi connectivity index (χ3n) is 3.32. The molecule has 0 heterocycles. The zero-order valence-electron chi connectivity index (χ0n) is 12.7. The van der Waals surface area contributed by atoms with Crippen LogP contribution in [0.2, 0.25) is 0 Å². The molecule has 0 spiro atoms. The van der Waals surface area contributed by atoms with Crippen molar-refractivity contribution in [3.63, 3.8) is 0 Å². The Kier molecular flexibility index (Phi) is 4.98. The molecule has 0 radical (unpaired) electrons. The number of amides is 1. The number of carbonyl (C=O) groups is 1. The van der Waals surface area contributed by atoms with E-state index in [0.29, 0.717) is 17.7 Å². The van der Waals surface area contributed by atoms with Gasteiger partial charge in [0.05, 0.1) is 5.75 Å². The fraction of sp³-hybridized carbons (Fsp3) is 0.235. The summed E-state index contributed by atoms with van der Waals surface area (Å²) in [4.78, 5) is 12.2. The van der Waals surface area contributed by atoms with Gasteiger partial charge in [0.15, 0.2) is 9.84 Å². The van der Waals surface area contributed by atoms with E-state index < -0.39 is 9.84 Å². The van der Waals surface area contributed by atoms with Crippen LogP contribution in [-0.4, -0.2) is 20.6 Å². The Hall–Kier alpha value is -2.14. The molecule has 4 nitrogen and oxygen atoms in total. The van der Waals surface area contributed by atoms with E-state index in [2.05, 4.69) is 5.32 Å². The van der Waals surface area contributed by atoms with Gasteiger partial charge in [-0.05, 0) is 35.7 Å². The van der Waals surface area contributed by atoms with Gasteiger partial charge in [-0.25, -0.2) is 8.42 Å². The fourth-order valence-electron chi connectivity index (χ4n) is 2.19. The molecule has 2 aromatic carbocycles. The van der Waals surface area contributed by atoms with E-state index in [1.807, 2.05) is 31.2 Å². The topological polar surface area (TPSA) is 63.2 Å². The van der Waals surface area contributed by atoms with E-state index in [0.717, 1.165) is 11.1 Å². The van der Waals surface area contributed by atoms with Gasteiger partial charge in [-0.3, -0.25) is 4.79 Å². The lowest BCUT2D eigenvalue weighted by molar-refractivity contribution is 0.0950. The molecule has 0 aliphatic rings. The second kappa shape index (κ2) is 6.75. The number of nitrogens with one attached hydrogen (secondary N) is 1. The van der Waals surface area contributed by atoms with Gasteiger partial charge in [0.2, 0.25) is 0 Å². The summed E-state index contributed by atoms with van der Waals surface area (Å²) in [7, 11) is -3.11. The van der Waals surface area contributed by atoms with E-state index in [9.17, 15) is 13.2 Å². The molecular weight excluding hydrogens is 298 g/mol. The van der Waals surface area contributed by atoms with Gasteiger partial charge in [-0.2, -0.15) is 0 Å². The number of hydrogen-bond acceptors (Lipinski definition) is 3. The van der Waals surface area contributed by atoms with E-state index >= 15 is 0 Å². The highest BCUT2D eigenvalue weighted by atomic mass is 32.2. The molecular formula is C17H19NO3S. The third kappa shape index (κ3) is 4.70. The minimum absolute atomic E-state index is 0.0636. The molecule has 0 saturated heterocycles. The van der Waals surface area contributed by atoms with Crippen molar-refractivity contribution in [3.05, 3.63) is 70.8 Å². The summed E-state index contributed by atoms with van der Waals surface area (Å²) >= 11 is 0. The van der Waals surface area contributed by atoms with Crippen molar-refractivity contribution in [3.8, 4) is 0 Å². The predicted octanol–water partition coefficient (Wildman–Crippen LogP) is 2.47. The first-order valence-electron chi connectivity index (χ1n) is 6.94. The molecule has 1 N–H and O–H groups in total. The van der Waals surface area contributed by atoms with Crippen LogP contribution in [0.3, 0.4) is 0 Å². The highest BCUT2D eigenvalue weighted by Gasteiger charge is 2.09. The van der Waals surface area contributed by atoms with Crippen molar-refractivity contribution in [2.24, 2.45) is 0 Å². The summed E-state index contributed by atoms with van der Waals surface area (Å²) in [6, 6.07) is 14.6. The summed E-state index contributed by atoms with van der Waals surface area (Å²) in [5.74, 6) is -0.273. The first-order chi connectivity index (χ1) is 10.3. The monoisotopic (exact) mass is 317 g/mol. The number of benzene rings is 2. The quantitative estimate of drug-likeness (QED) is 0.921. The van der Waals surface area contributed by atoms with Crippen LogP contribution >= 0.6 is 0 Å². The molecule has 116 valence electrons. The maximum Gasteiger partial charge on any atom is 0.251 e. The average molecular weight is 317 g/mol. The van der Waals surface area contributed by atoms with Crippen LogP contribution in [0, 0.1) is 6.92 Å². The number of carbonyl (C=O) groups excluding carboxylic acids is 1. The molecule has 0 unspecified atom stereocenters. The second-order valence-corrected chi connectivity index (χ2v) is 7.52. The van der Waals surface area contributed by atoms with Crippen molar-refractivity contribution < 1.29 is 13.2 Å². The third-order valence-corrected chi connectivity index (χ3v) is 4.18. The highest BCUT2D eigenvalue weighted by molar-refractivity contribution is 7.89. The Bertz CT molecular complexity index is 782. The first kappa shape index (κ1) is 16.2. The Labute approximate surface area is 131 Å². The number of rotatable bonds is 5. The van der Waals surface area contributed by atoms with Crippen LogP contribution in [0.1, 0.15) is 27.0 Å². The van der Waals surface area contributed by atoms with Crippen LogP contribution in [0.25, 0.3) is 0 Å². The Balaban J connectivity index is 2.07. The number of sulfone groups is 1. The lowest BCUT2D eigenvalue weighted by Crippen LogP contribution is -2.23. The largest absolute Gasteiger partial charge is 0.348 e. The van der Waals surface area contributed by atoms with Gasteiger partial charge in [-0.1, -0.05) is 36.4 Å². The summed E-state index contributed by atoms with van der Waals surface area (Å²) in [6.07, 6.45) is 1.18. The normalized spacial score (nSPS) is 11.2. The summed E-state index contributed by atoms with van der Waals surface area (Å²) < 4.78 is 22.7. The summed E-state index contributed by atoms with van der Waals surface area (Å²) in [5.41, 5.74) is 3.26. The number of aryl methyl sites for hydroxylation is 1. The molecule has 2 rings (SSSR count). The van der Waals surface area contributed by atoms with Gasteiger partial charge >= 0.3 is 0 Å². The first-order valence-corrected chi connectivity index (χ1v) is 9.00. The van der Waals surface area contributed by atoms with Crippen molar-refractivity contribution in [2.45, 2.75) is 19.2 Å². The van der Waals surface area contributed by atoms with Gasteiger partial charge in [0.25, 0.3) is 5.91 Å². The molecule has 0 aromatic heterocycles. The van der Waals surface area contributed by atoms with Crippen LogP contribution in [0.15, 0.2) is 48.5 Å². The molecule has 0 aliphatic heterocycles. The maximum atomic E-state index is 12.2. The fourth-order valence-corrected chi connectivity index (χ4v) is 2.98. The summed E-state index contributed by atoms with van der Waals surface area (Å²) in [5, 5.41) is 2.86. The molecule has 0 aliphatic carbocycles. The lowest BCUT2D eigenvalue weighted by atomic mass is 10.1. The molecule has 22 heavy (non-hydrogen) atoms. The molecule has 0 atom stereocenters. The Morgan fingerprint density at radius 2 is 1.82 bits per heavy atom. The average Bonchev–Trinajstić information content (AvgIpc) is 2.44. The minimum Gasteiger partial charge on any atom is -0.348 e. The van der Waals surface area contributed by atoms with Crippen LogP contribution < -0.4 is 5.32 Å². The zero-order valence-corrected chi connectivity index (χ0v) is 13.5. The van der Waals surface area contributed by atoms with Gasteiger partial charge in [-0.15, -0.1) is 0 Å². The van der Waals surface area contributed by atoms with Crippen LogP contribution in [0.4, 0.5) is 0 Å². The van der Waals surface area contributed by atoms with E-state index in [1.54, 1.807) is 24.3 Å². The second-order valence-electron chi connectivity index (χ2n) is 5.38. The van der Waals surface area contributed by atoms with Crippen molar-refractivity contribution >= 4 is 15.7 Å². The minimum atomic E-state index is -3.11. The van der Waals surface area contributed by atoms with Gasteiger partial charge < -0.3 is 5.32 Å². The molecule has 5 heteroatoms. The van der Waals surface area contributed by atoms with Crippen LogP contribution in [0.5, 0.6) is 0 Å². The van der Waals surface area contributed by atoms with Gasteiger partial charge in [0, 0.05) is 18.4 Å². The molecule has 1 amide bonds. The zero-order chi connectivity index (χ0) is 16.2. The molecule has 0 bridgehead atoms. The van der Waals surface area contributed by atoms with Crippen molar-refractivity contribution in [1.82, 2.24) is 5.32 Å². The van der Waals surface area contributed by atoms with Crippen molar-refractivity contribution in [1.29, 1.82) is 0 Å². The summed E-state index contributed by atoms with van der Waals surface area (Å²) in [6.45, 7) is 2.44. The SMILES string of the molecule is Cc1ccccc1CNC(=O)c1cccc(CS(C)(=O)=O)c1. The predicted molar refractivity (Wildman–Crippen MR) is 87.3 cm³/mol. The lowest BCUT2D eigenvalue weighted by Gasteiger charge is -2.09. The van der Waals surface area contributed by atoms with E-state index in [4.69, 9.17) is 0 Å². The smallest absolute Gasteiger partial charge is 0.251 e. The standard InChI is InChI=1S/C17H19NO3S/c1-13-6-3-4-8-16(13)11-18-17(19)15-9-5-7-14(10-15)12-22(2,20)21/h3-10H,11-12H2,1-2H3,(H,18,19). The highest BCUT2D eigenvalue weighted by Crippen LogP contribution is 2.10. The molecule has 2 aromatic rings. The maximum absolute atomic E-state index is 12.2. The van der Waals surface area contributed by atoms with E-state index in [-0.39, 0.29) is 11.7 Å². The van der Waals surface area contributed by atoms with Gasteiger partial charge in [0.1, 0.15) is 0 Å². The van der Waals surface area contributed by atoms with Crippen molar-refractivity contribution in [2.75, 3.05) is 6.26 Å². The molecule has 0 fully saturated rings. The Morgan fingerprint density at radius 1 is 1.09 bits per heavy atom. The van der Waals surface area contributed by atoms with E-state index in [1.165, 1.54) is 6.26 Å². The Morgan fingerprint density at radius 3 is 2.50 bits per heavy atom. The molecule has 0 saturated carbocycles. The number of hydrogen-bond donors (Lipinski definition) is 1.